The number of ether oxygens (including phenoxy) is 1. The van der Waals surface area contributed by atoms with Crippen LogP contribution in [0.2, 0.25) is 0 Å². The topological polar surface area (TPSA) is 45.1 Å². The molecule has 0 saturated carbocycles. The van der Waals surface area contributed by atoms with Gasteiger partial charge in [-0.1, -0.05) is 0 Å². The highest BCUT2D eigenvalue weighted by Crippen LogP contribution is 2.21. The molecule has 0 fully saturated rings. The molecule has 0 unspecified atom stereocenters. The Labute approximate surface area is 96.2 Å². The van der Waals surface area contributed by atoms with Gasteiger partial charge in [-0.3, -0.25) is 4.99 Å². The molecule has 4 heteroatoms. The third-order valence-corrected chi connectivity index (χ3v) is 2.14. The van der Waals surface area contributed by atoms with E-state index in [0.717, 1.165) is 13.1 Å². The van der Waals surface area contributed by atoms with Crippen LogP contribution in [0.5, 0.6) is 11.5 Å². The molecule has 0 saturated heterocycles. The van der Waals surface area contributed by atoms with E-state index in [1.165, 1.54) is 0 Å². The maximum atomic E-state index is 9.65. The monoisotopic (exact) mass is 222 g/mol. The SMILES string of the molecule is COc1ccc(C=NCCN(C)C)c(O)c1. The smallest absolute Gasteiger partial charge is 0.128 e. The van der Waals surface area contributed by atoms with E-state index in [1.54, 1.807) is 31.5 Å². The maximum absolute atomic E-state index is 9.65. The van der Waals surface area contributed by atoms with E-state index < -0.39 is 0 Å². The Morgan fingerprint density at radius 2 is 2.19 bits per heavy atom. The van der Waals surface area contributed by atoms with Crippen LogP contribution in [0.4, 0.5) is 0 Å². The average molecular weight is 222 g/mol. The van der Waals surface area contributed by atoms with Gasteiger partial charge in [0.05, 0.1) is 13.7 Å². The normalized spacial score (nSPS) is 11.2. The van der Waals surface area contributed by atoms with Gasteiger partial charge in [0.1, 0.15) is 11.5 Å². The van der Waals surface area contributed by atoms with Gasteiger partial charge in [-0.05, 0) is 26.2 Å². The molecule has 0 aromatic heterocycles. The van der Waals surface area contributed by atoms with Crippen LogP contribution >= 0.6 is 0 Å². The first-order chi connectivity index (χ1) is 7.63. The first kappa shape index (κ1) is 12.5. The Hall–Kier alpha value is -1.55. The second kappa shape index (κ2) is 6.12. The third kappa shape index (κ3) is 3.90. The van der Waals surface area contributed by atoms with Gasteiger partial charge in [0.2, 0.25) is 0 Å². The summed E-state index contributed by atoms with van der Waals surface area (Å²) in [5.74, 6) is 0.830. The van der Waals surface area contributed by atoms with Crippen LogP contribution in [0.3, 0.4) is 0 Å². The minimum Gasteiger partial charge on any atom is -0.507 e. The fourth-order valence-electron chi connectivity index (χ4n) is 1.18. The molecular weight excluding hydrogens is 204 g/mol. The lowest BCUT2D eigenvalue weighted by atomic mass is 10.2. The molecule has 0 amide bonds. The highest BCUT2D eigenvalue weighted by Gasteiger charge is 1.99. The van der Waals surface area contributed by atoms with Gasteiger partial charge in [0.25, 0.3) is 0 Å². The van der Waals surface area contributed by atoms with Gasteiger partial charge >= 0.3 is 0 Å². The van der Waals surface area contributed by atoms with E-state index in [0.29, 0.717) is 11.3 Å². The van der Waals surface area contributed by atoms with E-state index in [1.807, 2.05) is 14.1 Å². The summed E-state index contributed by atoms with van der Waals surface area (Å²) >= 11 is 0. The van der Waals surface area contributed by atoms with Crippen LogP contribution < -0.4 is 4.74 Å². The lowest BCUT2D eigenvalue weighted by Crippen LogP contribution is -2.15. The summed E-state index contributed by atoms with van der Waals surface area (Å²) in [5, 5.41) is 9.65. The lowest BCUT2D eigenvalue weighted by Gasteiger charge is -2.06. The van der Waals surface area contributed by atoms with Gasteiger partial charge in [0, 0.05) is 24.4 Å². The molecule has 1 rings (SSSR count). The van der Waals surface area contributed by atoms with Crippen molar-refractivity contribution in [2.24, 2.45) is 4.99 Å². The maximum Gasteiger partial charge on any atom is 0.128 e. The zero-order valence-electron chi connectivity index (χ0n) is 9.97. The Bertz CT molecular complexity index is 362. The van der Waals surface area contributed by atoms with Gasteiger partial charge < -0.3 is 14.7 Å². The van der Waals surface area contributed by atoms with Crippen LogP contribution in [0.15, 0.2) is 23.2 Å². The number of phenolic OH excluding ortho intramolecular Hbond substituents is 1. The van der Waals surface area contributed by atoms with Crippen molar-refractivity contribution in [3.63, 3.8) is 0 Å². The molecule has 0 heterocycles. The summed E-state index contributed by atoms with van der Waals surface area (Å²) in [6.45, 7) is 1.62. The van der Waals surface area contributed by atoms with Crippen LogP contribution in [-0.4, -0.2) is 50.5 Å². The van der Waals surface area contributed by atoms with E-state index in [9.17, 15) is 5.11 Å². The number of rotatable bonds is 5. The van der Waals surface area contributed by atoms with E-state index in [4.69, 9.17) is 4.74 Å². The van der Waals surface area contributed by atoms with Crippen molar-refractivity contribution in [2.75, 3.05) is 34.3 Å². The average Bonchev–Trinajstić information content (AvgIpc) is 2.25. The molecule has 0 aliphatic carbocycles. The van der Waals surface area contributed by atoms with E-state index in [2.05, 4.69) is 9.89 Å². The molecule has 0 bridgehead atoms. The molecule has 0 spiro atoms. The van der Waals surface area contributed by atoms with Crippen molar-refractivity contribution in [1.82, 2.24) is 4.90 Å². The summed E-state index contributed by atoms with van der Waals surface area (Å²) in [6, 6.07) is 5.16. The Morgan fingerprint density at radius 3 is 2.75 bits per heavy atom. The van der Waals surface area contributed by atoms with Crippen molar-refractivity contribution in [3.8, 4) is 11.5 Å². The first-order valence-electron chi connectivity index (χ1n) is 5.15. The predicted octanol–water partition coefficient (Wildman–Crippen LogP) is 1.38. The van der Waals surface area contributed by atoms with Crippen molar-refractivity contribution in [3.05, 3.63) is 23.8 Å². The third-order valence-electron chi connectivity index (χ3n) is 2.14. The summed E-state index contributed by atoms with van der Waals surface area (Å²) in [7, 11) is 5.57. The Morgan fingerprint density at radius 1 is 1.44 bits per heavy atom. The summed E-state index contributed by atoms with van der Waals surface area (Å²) in [5.41, 5.74) is 0.708. The van der Waals surface area contributed by atoms with Gasteiger partial charge in [0.15, 0.2) is 0 Å². The number of aliphatic imine (C=N–C) groups is 1. The van der Waals surface area contributed by atoms with Crippen LogP contribution in [0, 0.1) is 0 Å². The fourth-order valence-corrected chi connectivity index (χ4v) is 1.18. The minimum atomic E-state index is 0.188. The fraction of sp³-hybridized carbons (Fsp3) is 0.417. The quantitative estimate of drug-likeness (QED) is 0.765. The molecule has 0 atom stereocenters. The van der Waals surface area contributed by atoms with Crippen LogP contribution in [0.25, 0.3) is 0 Å². The second-order valence-electron chi connectivity index (χ2n) is 3.76. The molecule has 0 radical (unpaired) electrons. The van der Waals surface area contributed by atoms with Gasteiger partial charge in [-0.25, -0.2) is 0 Å². The number of phenols is 1. The molecule has 4 nitrogen and oxygen atoms in total. The number of aromatic hydroxyl groups is 1. The van der Waals surface area contributed by atoms with Crippen LogP contribution in [-0.2, 0) is 0 Å². The van der Waals surface area contributed by atoms with Crippen LogP contribution in [0.1, 0.15) is 5.56 Å². The molecule has 1 N–H and O–H groups in total. The molecular formula is C12H18N2O2. The lowest BCUT2D eigenvalue weighted by molar-refractivity contribution is 0.407. The standard InChI is InChI=1S/C12H18N2O2/c1-14(2)7-6-13-9-10-4-5-11(16-3)8-12(10)15/h4-5,8-9,15H,6-7H2,1-3H3. The van der Waals surface area contributed by atoms with Crippen molar-refractivity contribution < 1.29 is 9.84 Å². The zero-order valence-corrected chi connectivity index (χ0v) is 9.97. The molecule has 88 valence electrons. The number of benzene rings is 1. The number of methoxy groups -OCH3 is 1. The summed E-state index contributed by atoms with van der Waals surface area (Å²) < 4.78 is 5.00. The first-order valence-corrected chi connectivity index (χ1v) is 5.15. The highest BCUT2D eigenvalue weighted by molar-refractivity contribution is 5.83. The number of hydrogen-bond donors (Lipinski definition) is 1. The van der Waals surface area contributed by atoms with E-state index in [-0.39, 0.29) is 5.75 Å². The zero-order chi connectivity index (χ0) is 12.0. The van der Waals surface area contributed by atoms with Crippen molar-refractivity contribution in [2.45, 2.75) is 0 Å². The minimum absolute atomic E-state index is 0.188. The number of nitrogens with zero attached hydrogens (tertiary/aromatic N) is 2. The predicted molar refractivity (Wildman–Crippen MR) is 65.7 cm³/mol. The Kier molecular flexibility index (Phi) is 4.79. The summed E-state index contributed by atoms with van der Waals surface area (Å²) in [6.07, 6.45) is 1.68. The molecule has 0 aliphatic rings. The second-order valence-corrected chi connectivity index (χ2v) is 3.76. The number of hydrogen-bond acceptors (Lipinski definition) is 4. The van der Waals surface area contributed by atoms with Gasteiger partial charge in [-0.2, -0.15) is 0 Å². The summed E-state index contributed by atoms with van der Waals surface area (Å²) in [4.78, 5) is 6.29. The highest BCUT2D eigenvalue weighted by atomic mass is 16.5. The molecule has 1 aromatic carbocycles. The number of likely N-dealkylation sites (N-methyl/N-ethyl adjacent to an activating group) is 1. The van der Waals surface area contributed by atoms with Crippen molar-refractivity contribution >= 4 is 6.21 Å². The van der Waals surface area contributed by atoms with Crippen molar-refractivity contribution in [1.29, 1.82) is 0 Å². The van der Waals surface area contributed by atoms with Gasteiger partial charge in [-0.15, -0.1) is 0 Å². The molecule has 0 aliphatic heterocycles. The Balaban J connectivity index is 2.60. The largest absolute Gasteiger partial charge is 0.507 e. The molecule has 1 aromatic rings. The van der Waals surface area contributed by atoms with E-state index >= 15 is 0 Å². The molecule has 16 heavy (non-hydrogen) atoms.